The van der Waals surface area contributed by atoms with E-state index in [4.69, 9.17) is 11.1 Å². The summed E-state index contributed by atoms with van der Waals surface area (Å²) in [4.78, 5) is 4.67. The van der Waals surface area contributed by atoms with Crippen molar-refractivity contribution in [3.63, 3.8) is 0 Å². The molecular weight excluding hydrogens is 254 g/mol. The molecule has 0 aliphatic carbocycles. The van der Waals surface area contributed by atoms with Crippen LogP contribution in [0.5, 0.6) is 0 Å². The third-order valence-corrected chi connectivity index (χ3v) is 3.82. The van der Waals surface area contributed by atoms with Gasteiger partial charge >= 0.3 is 0 Å². The van der Waals surface area contributed by atoms with Crippen molar-refractivity contribution in [1.29, 1.82) is 5.41 Å². The second kappa shape index (κ2) is 4.90. The molecule has 0 saturated carbocycles. The third kappa shape index (κ3) is 2.27. The normalized spacial score (nSPS) is 10.9. The molecule has 3 rings (SSSR count). The predicted molar refractivity (Wildman–Crippen MR) is 82.5 cm³/mol. The first kappa shape index (κ1) is 12.0. The van der Waals surface area contributed by atoms with Gasteiger partial charge in [0.2, 0.25) is 0 Å². The van der Waals surface area contributed by atoms with E-state index < -0.39 is 0 Å². The van der Waals surface area contributed by atoms with Crippen LogP contribution in [0.25, 0.3) is 21.8 Å². The fourth-order valence-corrected chi connectivity index (χ4v) is 2.84. The Kier molecular flexibility index (Phi) is 3.09. The molecule has 19 heavy (non-hydrogen) atoms. The molecule has 0 unspecified atom stereocenters. The van der Waals surface area contributed by atoms with E-state index in [0.29, 0.717) is 5.75 Å². The number of pyridine rings is 1. The largest absolute Gasteiger partial charge is 0.379 e. The van der Waals surface area contributed by atoms with Crippen LogP contribution >= 0.6 is 11.8 Å². The Balaban J connectivity index is 2.29. The van der Waals surface area contributed by atoms with E-state index in [2.05, 4.69) is 17.1 Å². The van der Waals surface area contributed by atoms with E-state index in [1.54, 1.807) is 0 Å². The molecule has 1 heterocycles. The maximum atomic E-state index is 7.38. The average molecular weight is 267 g/mol. The van der Waals surface area contributed by atoms with E-state index in [1.165, 1.54) is 17.3 Å². The Labute approximate surface area is 115 Å². The number of nitrogens with two attached hydrogens (primary N) is 1. The van der Waals surface area contributed by atoms with Gasteiger partial charge in [-0.2, -0.15) is 0 Å². The van der Waals surface area contributed by atoms with Gasteiger partial charge in [0.1, 0.15) is 0 Å². The zero-order chi connectivity index (χ0) is 13.2. The van der Waals surface area contributed by atoms with Crippen molar-refractivity contribution in [3.8, 4) is 0 Å². The molecule has 2 aromatic carbocycles. The molecule has 0 saturated heterocycles. The van der Waals surface area contributed by atoms with Crippen molar-refractivity contribution < 1.29 is 0 Å². The second-order valence-corrected chi connectivity index (χ2v) is 5.29. The standard InChI is InChI=1S/C15H13N3S/c16-15(17)19-9-12-10-5-1-3-7-13(10)18-14-8-4-2-6-11(12)14/h1-8H,9H2,(H3,16,17). The molecule has 3 nitrogen and oxygen atoms in total. The molecule has 3 aromatic rings. The lowest BCUT2D eigenvalue weighted by Crippen LogP contribution is -2.04. The maximum Gasteiger partial charge on any atom is 0.151 e. The summed E-state index contributed by atoms with van der Waals surface area (Å²) < 4.78 is 0. The number of amidine groups is 1. The maximum absolute atomic E-state index is 7.38. The van der Waals surface area contributed by atoms with Gasteiger partial charge in [0, 0.05) is 16.5 Å². The number of nitrogens with zero attached hydrogens (tertiary/aromatic N) is 1. The van der Waals surface area contributed by atoms with Crippen molar-refractivity contribution in [1.82, 2.24) is 4.98 Å². The number of nitrogens with one attached hydrogen (secondary N) is 1. The van der Waals surface area contributed by atoms with Crippen LogP contribution in [0.4, 0.5) is 0 Å². The van der Waals surface area contributed by atoms with Gasteiger partial charge in [-0.05, 0) is 17.7 Å². The highest BCUT2D eigenvalue weighted by Gasteiger charge is 2.08. The van der Waals surface area contributed by atoms with Gasteiger partial charge in [-0.25, -0.2) is 4.98 Å². The first-order chi connectivity index (χ1) is 9.25. The van der Waals surface area contributed by atoms with E-state index in [1.807, 2.05) is 36.4 Å². The number of benzene rings is 2. The van der Waals surface area contributed by atoms with Crippen molar-refractivity contribution in [3.05, 3.63) is 54.1 Å². The second-order valence-electron chi connectivity index (χ2n) is 4.28. The summed E-state index contributed by atoms with van der Waals surface area (Å²) in [7, 11) is 0. The SMILES string of the molecule is N=C(N)SCc1c2ccccc2nc2ccccc12. The summed E-state index contributed by atoms with van der Waals surface area (Å²) in [5.74, 6) is 0.693. The number of thioether (sulfide) groups is 1. The smallest absolute Gasteiger partial charge is 0.151 e. The van der Waals surface area contributed by atoms with Crippen molar-refractivity contribution in [2.45, 2.75) is 5.75 Å². The fourth-order valence-electron chi connectivity index (χ4n) is 2.23. The lowest BCUT2D eigenvalue weighted by Gasteiger charge is -2.10. The topological polar surface area (TPSA) is 62.8 Å². The summed E-state index contributed by atoms with van der Waals surface area (Å²) in [6.07, 6.45) is 0. The van der Waals surface area contributed by atoms with E-state index in [0.717, 1.165) is 21.8 Å². The number of hydrogen-bond acceptors (Lipinski definition) is 3. The fraction of sp³-hybridized carbons (Fsp3) is 0.0667. The van der Waals surface area contributed by atoms with Gasteiger partial charge in [-0.3, -0.25) is 5.41 Å². The summed E-state index contributed by atoms with van der Waals surface area (Å²) >= 11 is 1.35. The molecule has 0 spiro atoms. The molecule has 0 bridgehead atoms. The van der Waals surface area contributed by atoms with Crippen molar-refractivity contribution in [2.24, 2.45) is 5.73 Å². The molecule has 3 N–H and O–H groups in total. The van der Waals surface area contributed by atoms with Gasteiger partial charge in [0.05, 0.1) is 11.0 Å². The Morgan fingerprint density at radius 2 is 1.53 bits per heavy atom. The Morgan fingerprint density at radius 3 is 2.05 bits per heavy atom. The molecular formula is C15H13N3S. The third-order valence-electron chi connectivity index (χ3n) is 3.07. The van der Waals surface area contributed by atoms with Crippen molar-refractivity contribution in [2.75, 3.05) is 0 Å². The molecule has 0 radical (unpaired) electrons. The quantitative estimate of drug-likeness (QED) is 0.424. The highest BCUT2D eigenvalue weighted by molar-refractivity contribution is 8.13. The van der Waals surface area contributed by atoms with E-state index in [9.17, 15) is 0 Å². The molecule has 94 valence electrons. The number of rotatable bonds is 2. The van der Waals surface area contributed by atoms with Crippen LogP contribution in [0.3, 0.4) is 0 Å². The number of para-hydroxylation sites is 2. The predicted octanol–water partition coefficient (Wildman–Crippen LogP) is 3.51. The minimum atomic E-state index is 0.143. The monoisotopic (exact) mass is 267 g/mol. The van der Waals surface area contributed by atoms with Gasteiger partial charge < -0.3 is 5.73 Å². The number of fused-ring (bicyclic) bond motifs is 2. The zero-order valence-corrected chi connectivity index (χ0v) is 11.1. The van der Waals surface area contributed by atoms with Crippen LogP contribution in [0.2, 0.25) is 0 Å². The van der Waals surface area contributed by atoms with Crippen LogP contribution in [0.15, 0.2) is 48.5 Å². The molecule has 0 aliphatic heterocycles. The first-order valence-corrected chi connectivity index (χ1v) is 6.97. The van der Waals surface area contributed by atoms with Crippen LogP contribution in [0.1, 0.15) is 5.56 Å². The van der Waals surface area contributed by atoms with Crippen LogP contribution in [-0.2, 0) is 5.75 Å². The van der Waals surface area contributed by atoms with Gasteiger partial charge in [-0.1, -0.05) is 48.2 Å². The molecule has 0 atom stereocenters. The summed E-state index contributed by atoms with van der Waals surface area (Å²) in [6, 6.07) is 16.2. The van der Waals surface area contributed by atoms with Crippen LogP contribution in [-0.4, -0.2) is 10.2 Å². The molecule has 4 heteroatoms. The lowest BCUT2D eigenvalue weighted by atomic mass is 10.0. The number of hydrogen-bond donors (Lipinski definition) is 2. The lowest BCUT2D eigenvalue weighted by molar-refractivity contribution is 1.43. The van der Waals surface area contributed by atoms with Gasteiger partial charge in [0.15, 0.2) is 5.17 Å². The number of aromatic nitrogens is 1. The molecule has 1 aromatic heterocycles. The molecule has 0 aliphatic rings. The summed E-state index contributed by atoms with van der Waals surface area (Å²) in [5, 5.41) is 9.80. The molecule has 0 amide bonds. The summed E-state index contributed by atoms with van der Waals surface area (Å²) in [5.41, 5.74) is 8.63. The molecule has 0 fully saturated rings. The van der Waals surface area contributed by atoms with E-state index >= 15 is 0 Å². The first-order valence-electron chi connectivity index (χ1n) is 5.99. The van der Waals surface area contributed by atoms with Crippen LogP contribution in [0, 0.1) is 5.41 Å². The minimum Gasteiger partial charge on any atom is -0.379 e. The highest BCUT2D eigenvalue weighted by Crippen LogP contribution is 2.28. The van der Waals surface area contributed by atoms with Gasteiger partial charge in [0.25, 0.3) is 0 Å². The minimum absolute atomic E-state index is 0.143. The van der Waals surface area contributed by atoms with Crippen molar-refractivity contribution >= 4 is 38.7 Å². The zero-order valence-electron chi connectivity index (χ0n) is 10.3. The Bertz CT molecular complexity index is 714. The average Bonchev–Trinajstić information content (AvgIpc) is 2.43. The Morgan fingerprint density at radius 1 is 1.00 bits per heavy atom. The summed E-state index contributed by atoms with van der Waals surface area (Å²) in [6.45, 7) is 0. The Hall–Kier alpha value is -2.07. The van der Waals surface area contributed by atoms with Gasteiger partial charge in [-0.15, -0.1) is 0 Å². The van der Waals surface area contributed by atoms with E-state index in [-0.39, 0.29) is 5.17 Å². The van der Waals surface area contributed by atoms with Crippen LogP contribution < -0.4 is 5.73 Å². The highest BCUT2D eigenvalue weighted by atomic mass is 32.2.